The number of carbonyl (C=O) groups excluding carboxylic acids is 1. The van der Waals surface area contributed by atoms with E-state index in [9.17, 15) is 16.8 Å². The molecule has 0 aliphatic rings. The Labute approximate surface area is 92.0 Å². The van der Waals surface area contributed by atoms with Crippen molar-refractivity contribution >= 4 is 16.5 Å². The Bertz CT molecular complexity index is 475. The van der Waals surface area contributed by atoms with E-state index in [4.69, 9.17) is 0 Å². The number of halogens is 2. The van der Waals surface area contributed by atoms with Crippen LogP contribution in [0.5, 0.6) is 0 Å². The lowest BCUT2D eigenvalue weighted by Crippen LogP contribution is -2.12. The molecule has 16 heavy (non-hydrogen) atoms. The summed E-state index contributed by atoms with van der Waals surface area (Å²) in [7, 11) is -4.30. The smallest absolute Gasteiger partial charge is 0.368 e. The summed E-state index contributed by atoms with van der Waals surface area (Å²) < 4.78 is 41.9. The number of methoxy groups -OCH3 is 1. The van der Waals surface area contributed by atoms with Crippen molar-refractivity contribution in [3.8, 4) is 0 Å². The van der Waals surface area contributed by atoms with Crippen molar-refractivity contribution in [2.24, 2.45) is 4.36 Å². The molecule has 1 atom stereocenters. The number of benzene rings is 1. The van der Waals surface area contributed by atoms with Crippen molar-refractivity contribution in [3.63, 3.8) is 0 Å². The van der Waals surface area contributed by atoms with E-state index < -0.39 is 22.5 Å². The molecule has 0 aliphatic carbocycles. The maximum absolute atomic E-state index is 12.3. The molecule has 1 rings (SSSR count). The molecule has 0 spiro atoms. The third kappa shape index (κ3) is 3.58. The molecule has 0 aromatic heterocycles. The largest absolute Gasteiger partial charge is 0.467 e. The van der Waals surface area contributed by atoms with Crippen molar-refractivity contribution in [2.75, 3.05) is 7.11 Å². The zero-order valence-electron chi connectivity index (χ0n) is 8.30. The van der Waals surface area contributed by atoms with Gasteiger partial charge in [-0.1, -0.05) is 38.1 Å². The SMILES string of the molecule is COC(=O)[C@H](N=S(=O)(F)F)c1ccccc1. The normalized spacial score (nSPS) is 12.9. The van der Waals surface area contributed by atoms with Crippen molar-refractivity contribution in [2.45, 2.75) is 6.04 Å². The van der Waals surface area contributed by atoms with Crippen LogP contribution in [0.4, 0.5) is 7.77 Å². The highest BCUT2D eigenvalue weighted by atomic mass is 32.3. The molecule has 0 radical (unpaired) electrons. The first-order valence-electron chi connectivity index (χ1n) is 4.22. The second-order valence-corrected chi connectivity index (χ2v) is 3.84. The van der Waals surface area contributed by atoms with Gasteiger partial charge < -0.3 is 4.74 Å². The molecule has 0 saturated heterocycles. The minimum atomic E-state index is -5.35. The van der Waals surface area contributed by atoms with Gasteiger partial charge in [0.2, 0.25) is 0 Å². The Morgan fingerprint density at radius 1 is 1.38 bits per heavy atom. The number of rotatable bonds is 3. The number of carbonyl (C=O) groups is 1. The molecule has 0 unspecified atom stereocenters. The molecule has 0 bridgehead atoms. The molecular weight excluding hydrogens is 240 g/mol. The van der Waals surface area contributed by atoms with Crippen LogP contribution in [0, 0.1) is 0 Å². The van der Waals surface area contributed by atoms with Crippen LogP contribution in [0.3, 0.4) is 0 Å². The second-order valence-electron chi connectivity index (χ2n) is 2.84. The first-order valence-corrected chi connectivity index (χ1v) is 5.54. The fraction of sp³-hybridized carbons (Fsp3) is 0.222. The summed E-state index contributed by atoms with van der Waals surface area (Å²) in [6, 6.07) is 6.05. The molecule has 0 heterocycles. The molecule has 0 fully saturated rings. The lowest BCUT2D eigenvalue weighted by Gasteiger charge is -2.08. The van der Waals surface area contributed by atoms with Crippen LogP contribution in [-0.4, -0.2) is 17.3 Å². The predicted molar refractivity (Wildman–Crippen MR) is 54.0 cm³/mol. The molecule has 1 aromatic rings. The number of hydrogen-bond donors (Lipinski definition) is 0. The fourth-order valence-corrected chi connectivity index (χ4v) is 1.56. The Hall–Kier alpha value is -1.50. The van der Waals surface area contributed by atoms with Crippen molar-refractivity contribution in [1.29, 1.82) is 0 Å². The van der Waals surface area contributed by atoms with Crippen molar-refractivity contribution < 1.29 is 21.5 Å². The molecule has 0 saturated carbocycles. The van der Waals surface area contributed by atoms with E-state index in [0.29, 0.717) is 0 Å². The lowest BCUT2D eigenvalue weighted by atomic mass is 10.1. The number of esters is 1. The average Bonchev–Trinajstić information content (AvgIpc) is 2.25. The van der Waals surface area contributed by atoms with Crippen molar-refractivity contribution in [3.05, 3.63) is 35.9 Å². The highest BCUT2D eigenvalue weighted by Gasteiger charge is 2.23. The summed E-state index contributed by atoms with van der Waals surface area (Å²) in [6.07, 6.45) is 0. The van der Waals surface area contributed by atoms with Gasteiger partial charge in [-0.05, 0) is 5.56 Å². The van der Waals surface area contributed by atoms with Crippen LogP contribution >= 0.6 is 0 Å². The number of hydrogen-bond acceptors (Lipinski definition) is 4. The van der Waals surface area contributed by atoms with Crippen LogP contribution in [0.2, 0.25) is 0 Å². The van der Waals surface area contributed by atoms with E-state index in [1.165, 1.54) is 12.1 Å². The molecule has 88 valence electrons. The Kier molecular flexibility index (Phi) is 3.94. The molecule has 7 heteroatoms. The zero-order valence-corrected chi connectivity index (χ0v) is 9.12. The van der Waals surface area contributed by atoms with Gasteiger partial charge in [0.25, 0.3) is 0 Å². The van der Waals surface area contributed by atoms with Gasteiger partial charge >= 0.3 is 16.5 Å². The van der Waals surface area contributed by atoms with Crippen LogP contribution in [0.25, 0.3) is 0 Å². The van der Waals surface area contributed by atoms with Crippen molar-refractivity contribution in [1.82, 2.24) is 0 Å². The van der Waals surface area contributed by atoms with Gasteiger partial charge in [0, 0.05) is 0 Å². The van der Waals surface area contributed by atoms with E-state index in [1.807, 2.05) is 0 Å². The summed E-state index contributed by atoms with van der Waals surface area (Å²) in [5, 5.41) is 0. The van der Waals surface area contributed by atoms with Gasteiger partial charge in [0.1, 0.15) is 0 Å². The number of ether oxygens (including phenoxy) is 1. The van der Waals surface area contributed by atoms with E-state index >= 15 is 0 Å². The third-order valence-corrected chi connectivity index (χ3v) is 2.22. The number of nitrogens with zero attached hydrogens (tertiary/aromatic N) is 1. The first kappa shape index (κ1) is 12.6. The third-order valence-electron chi connectivity index (χ3n) is 1.77. The van der Waals surface area contributed by atoms with E-state index in [-0.39, 0.29) is 5.56 Å². The topological polar surface area (TPSA) is 55.7 Å². The summed E-state index contributed by atoms with van der Waals surface area (Å²) in [5.41, 5.74) is 0.206. The fourth-order valence-electron chi connectivity index (χ4n) is 1.11. The van der Waals surface area contributed by atoms with Gasteiger partial charge in [-0.15, -0.1) is 0 Å². The molecule has 0 N–H and O–H groups in total. The van der Waals surface area contributed by atoms with Gasteiger partial charge in [-0.3, -0.25) is 0 Å². The molecule has 4 nitrogen and oxygen atoms in total. The summed E-state index contributed by atoms with van der Waals surface area (Å²) in [6.45, 7) is 0. The van der Waals surface area contributed by atoms with Gasteiger partial charge in [-0.25, -0.2) is 4.79 Å². The minimum Gasteiger partial charge on any atom is -0.467 e. The minimum absolute atomic E-state index is 0.206. The van der Waals surface area contributed by atoms with Crippen LogP contribution in [0.1, 0.15) is 11.6 Å². The summed E-state index contributed by atoms with van der Waals surface area (Å²) in [5.74, 6) is -0.978. The highest BCUT2D eigenvalue weighted by Crippen LogP contribution is 2.21. The summed E-state index contributed by atoms with van der Waals surface area (Å²) in [4.78, 5) is 11.2. The predicted octanol–water partition coefficient (Wildman–Crippen LogP) is 2.14. The quantitative estimate of drug-likeness (QED) is 0.609. The Morgan fingerprint density at radius 2 is 1.94 bits per heavy atom. The molecule has 0 amide bonds. The standard InChI is InChI=1S/C9H9F2NO3S/c1-15-9(13)8(12-16(10,11)14)7-5-3-2-4-6-7/h2-6,8H,1H3/t8-/m1/s1. The van der Waals surface area contributed by atoms with E-state index in [2.05, 4.69) is 9.10 Å². The average molecular weight is 249 g/mol. The highest BCUT2D eigenvalue weighted by molar-refractivity contribution is 7.83. The monoisotopic (exact) mass is 249 g/mol. The Morgan fingerprint density at radius 3 is 2.38 bits per heavy atom. The van der Waals surface area contributed by atoms with Gasteiger partial charge in [-0.2, -0.15) is 8.57 Å². The van der Waals surface area contributed by atoms with Crippen LogP contribution in [-0.2, 0) is 20.0 Å². The maximum Gasteiger partial charge on any atom is 0.368 e. The second kappa shape index (κ2) is 5.02. The van der Waals surface area contributed by atoms with Gasteiger partial charge in [0.15, 0.2) is 6.04 Å². The van der Waals surface area contributed by atoms with E-state index in [1.54, 1.807) is 18.2 Å². The molecular formula is C9H9F2NO3S. The lowest BCUT2D eigenvalue weighted by molar-refractivity contribution is -0.142. The maximum atomic E-state index is 12.3. The Balaban J connectivity index is 3.18. The zero-order chi connectivity index (χ0) is 12.2. The first-order chi connectivity index (χ1) is 7.44. The van der Waals surface area contributed by atoms with E-state index in [0.717, 1.165) is 7.11 Å². The van der Waals surface area contributed by atoms with Crippen LogP contribution in [0.15, 0.2) is 34.7 Å². The van der Waals surface area contributed by atoms with Gasteiger partial charge in [0.05, 0.1) is 7.11 Å². The van der Waals surface area contributed by atoms with Crippen LogP contribution < -0.4 is 0 Å². The summed E-state index contributed by atoms with van der Waals surface area (Å²) >= 11 is 0. The molecule has 1 aromatic carbocycles. The molecule has 0 aliphatic heterocycles.